The molecule has 0 bridgehead atoms. The first kappa shape index (κ1) is 16.3. The summed E-state index contributed by atoms with van der Waals surface area (Å²) in [4.78, 5) is 0.223. The molecule has 0 saturated heterocycles. The minimum absolute atomic E-state index is 0.223. The first-order chi connectivity index (χ1) is 9.68. The molecule has 21 heavy (non-hydrogen) atoms. The Balaban J connectivity index is 2.19. The molecule has 0 spiro atoms. The average molecular weight is 313 g/mol. The van der Waals surface area contributed by atoms with Crippen LogP contribution in [-0.4, -0.2) is 32.3 Å². The second-order valence-electron chi connectivity index (χ2n) is 6.11. The maximum atomic E-state index is 12.4. The predicted molar refractivity (Wildman–Crippen MR) is 80.9 cm³/mol. The second-order valence-corrected chi connectivity index (χ2v) is 7.82. The van der Waals surface area contributed by atoms with Gasteiger partial charge in [-0.1, -0.05) is 13.8 Å². The first-order valence-corrected chi connectivity index (χ1v) is 8.60. The minimum Gasteiger partial charge on any atom is -0.494 e. The van der Waals surface area contributed by atoms with Crippen molar-refractivity contribution in [1.82, 2.24) is 4.72 Å². The zero-order chi connectivity index (χ0) is 15.8. The van der Waals surface area contributed by atoms with Crippen LogP contribution in [0, 0.1) is 12.3 Å². The molecule has 1 aliphatic rings. The minimum atomic E-state index is -3.59. The van der Waals surface area contributed by atoms with E-state index in [1.165, 1.54) is 0 Å². The smallest absolute Gasteiger partial charge is 0.240 e. The lowest BCUT2D eigenvalue weighted by atomic mass is 9.65. The van der Waals surface area contributed by atoms with Crippen molar-refractivity contribution in [1.29, 1.82) is 0 Å². The lowest BCUT2D eigenvalue weighted by Gasteiger charge is -2.49. The molecule has 6 heteroatoms. The zero-order valence-electron chi connectivity index (χ0n) is 12.9. The molecule has 0 aromatic heterocycles. The van der Waals surface area contributed by atoms with Gasteiger partial charge in [0.25, 0.3) is 0 Å². The van der Waals surface area contributed by atoms with Gasteiger partial charge in [0.15, 0.2) is 0 Å². The SMILES string of the molecule is CCOc1ccc(S(=O)(=O)NC2CC(O)C2(C)C)cc1C. The van der Waals surface area contributed by atoms with Gasteiger partial charge in [-0.3, -0.25) is 0 Å². The van der Waals surface area contributed by atoms with Crippen molar-refractivity contribution >= 4 is 10.0 Å². The van der Waals surface area contributed by atoms with Crippen molar-refractivity contribution in [2.24, 2.45) is 5.41 Å². The number of aliphatic hydroxyl groups is 1. The molecular formula is C15H23NO4S. The number of aryl methyl sites for hydroxylation is 1. The van der Waals surface area contributed by atoms with Gasteiger partial charge in [-0.05, 0) is 44.0 Å². The molecule has 2 N–H and O–H groups in total. The number of aliphatic hydroxyl groups excluding tert-OH is 1. The number of hydrogen-bond donors (Lipinski definition) is 2. The van der Waals surface area contributed by atoms with E-state index in [0.29, 0.717) is 18.8 Å². The molecule has 2 rings (SSSR count). The number of hydrogen-bond acceptors (Lipinski definition) is 4. The van der Waals surface area contributed by atoms with E-state index in [1.807, 2.05) is 27.7 Å². The molecule has 5 nitrogen and oxygen atoms in total. The summed E-state index contributed by atoms with van der Waals surface area (Å²) >= 11 is 0. The molecule has 1 aromatic carbocycles. The Kier molecular flexibility index (Phi) is 4.33. The monoisotopic (exact) mass is 313 g/mol. The van der Waals surface area contributed by atoms with Crippen molar-refractivity contribution in [2.45, 2.75) is 51.2 Å². The van der Waals surface area contributed by atoms with Gasteiger partial charge in [0, 0.05) is 11.5 Å². The van der Waals surface area contributed by atoms with Crippen molar-refractivity contribution in [3.05, 3.63) is 23.8 Å². The van der Waals surface area contributed by atoms with Crippen LogP contribution in [0.5, 0.6) is 5.75 Å². The molecule has 0 aliphatic heterocycles. The molecule has 2 unspecified atom stereocenters. The van der Waals surface area contributed by atoms with E-state index in [9.17, 15) is 13.5 Å². The third-order valence-corrected chi connectivity index (χ3v) is 5.74. The topological polar surface area (TPSA) is 75.6 Å². The fraction of sp³-hybridized carbons (Fsp3) is 0.600. The van der Waals surface area contributed by atoms with Crippen LogP contribution in [-0.2, 0) is 10.0 Å². The van der Waals surface area contributed by atoms with Gasteiger partial charge in [0.1, 0.15) is 5.75 Å². The highest BCUT2D eigenvalue weighted by Crippen LogP contribution is 2.41. The zero-order valence-corrected chi connectivity index (χ0v) is 13.7. The second kappa shape index (κ2) is 5.59. The molecule has 1 fully saturated rings. The van der Waals surface area contributed by atoms with Crippen molar-refractivity contribution in [2.75, 3.05) is 6.61 Å². The number of sulfonamides is 1. The number of nitrogens with one attached hydrogen (secondary N) is 1. The Morgan fingerprint density at radius 3 is 2.57 bits per heavy atom. The normalized spacial score (nSPS) is 24.4. The van der Waals surface area contributed by atoms with Gasteiger partial charge >= 0.3 is 0 Å². The summed E-state index contributed by atoms with van der Waals surface area (Å²) in [7, 11) is -3.59. The van der Waals surface area contributed by atoms with Gasteiger partial charge in [0.05, 0.1) is 17.6 Å². The van der Waals surface area contributed by atoms with Crippen LogP contribution in [0.25, 0.3) is 0 Å². The lowest BCUT2D eigenvalue weighted by molar-refractivity contribution is -0.0645. The molecule has 0 heterocycles. The quantitative estimate of drug-likeness (QED) is 0.869. The van der Waals surface area contributed by atoms with Gasteiger partial charge in [0.2, 0.25) is 10.0 Å². The predicted octanol–water partition coefficient (Wildman–Crippen LogP) is 1.83. The van der Waals surface area contributed by atoms with E-state index in [4.69, 9.17) is 4.74 Å². The Hall–Kier alpha value is -1.11. The van der Waals surface area contributed by atoms with E-state index in [1.54, 1.807) is 18.2 Å². The summed E-state index contributed by atoms with van der Waals surface area (Å²) in [5, 5.41) is 9.70. The van der Waals surface area contributed by atoms with Crippen LogP contribution in [0.3, 0.4) is 0 Å². The molecule has 0 amide bonds. The third-order valence-electron chi connectivity index (χ3n) is 4.27. The van der Waals surface area contributed by atoms with Crippen molar-refractivity contribution < 1.29 is 18.3 Å². The van der Waals surface area contributed by atoms with Crippen LogP contribution in [0.1, 0.15) is 32.8 Å². The summed E-state index contributed by atoms with van der Waals surface area (Å²) < 4.78 is 32.9. The third kappa shape index (κ3) is 3.07. The highest BCUT2D eigenvalue weighted by Gasteiger charge is 2.48. The van der Waals surface area contributed by atoms with E-state index >= 15 is 0 Å². The average Bonchev–Trinajstić information content (AvgIpc) is 2.40. The Labute approximate surface area is 126 Å². The van der Waals surface area contributed by atoms with Gasteiger partial charge in [-0.15, -0.1) is 0 Å². The summed E-state index contributed by atoms with van der Waals surface area (Å²) in [5.74, 6) is 0.691. The number of benzene rings is 1. The molecule has 2 atom stereocenters. The molecule has 1 aliphatic carbocycles. The Bertz CT molecular complexity index is 625. The summed E-state index contributed by atoms with van der Waals surface area (Å²) in [5.41, 5.74) is 0.348. The van der Waals surface area contributed by atoms with Crippen molar-refractivity contribution in [3.8, 4) is 5.75 Å². The standard InChI is InChI=1S/C15H23NO4S/c1-5-20-12-7-6-11(8-10(12)2)21(18,19)16-13-9-14(17)15(13,3)4/h6-8,13-14,16-17H,5,9H2,1-4H3. The van der Waals surface area contributed by atoms with Crippen LogP contribution in [0.15, 0.2) is 23.1 Å². The summed E-state index contributed by atoms with van der Waals surface area (Å²) in [6, 6.07) is 4.58. The molecule has 118 valence electrons. The fourth-order valence-corrected chi connectivity index (χ4v) is 3.95. The van der Waals surface area contributed by atoms with E-state index in [2.05, 4.69) is 4.72 Å². The first-order valence-electron chi connectivity index (χ1n) is 7.12. The fourth-order valence-electron chi connectivity index (χ4n) is 2.46. The highest BCUT2D eigenvalue weighted by atomic mass is 32.2. The molecule has 1 aromatic rings. The maximum absolute atomic E-state index is 12.4. The van der Waals surface area contributed by atoms with E-state index in [-0.39, 0.29) is 10.9 Å². The van der Waals surface area contributed by atoms with Crippen LogP contribution >= 0.6 is 0 Å². The number of rotatable bonds is 5. The van der Waals surface area contributed by atoms with Crippen LogP contribution < -0.4 is 9.46 Å². The molecule has 1 saturated carbocycles. The summed E-state index contributed by atoms with van der Waals surface area (Å²) in [6.07, 6.45) is -0.0188. The Morgan fingerprint density at radius 2 is 2.10 bits per heavy atom. The Morgan fingerprint density at radius 1 is 1.43 bits per heavy atom. The van der Waals surface area contributed by atoms with Crippen LogP contribution in [0.4, 0.5) is 0 Å². The van der Waals surface area contributed by atoms with E-state index < -0.39 is 21.5 Å². The van der Waals surface area contributed by atoms with Crippen molar-refractivity contribution in [3.63, 3.8) is 0 Å². The molecule has 0 radical (unpaired) electrons. The van der Waals surface area contributed by atoms with Gasteiger partial charge in [-0.25, -0.2) is 13.1 Å². The van der Waals surface area contributed by atoms with Crippen LogP contribution in [0.2, 0.25) is 0 Å². The lowest BCUT2D eigenvalue weighted by Crippen LogP contribution is -2.61. The largest absolute Gasteiger partial charge is 0.494 e. The van der Waals surface area contributed by atoms with Gasteiger partial charge < -0.3 is 9.84 Å². The van der Waals surface area contributed by atoms with E-state index in [0.717, 1.165) is 5.56 Å². The maximum Gasteiger partial charge on any atom is 0.240 e. The number of ether oxygens (including phenoxy) is 1. The highest BCUT2D eigenvalue weighted by molar-refractivity contribution is 7.89. The summed E-state index contributed by atoms with van der Waals surface area (Å²) in [6.45, 7) is 7.96. The molecular weight excluding hydrogens is 290 g/mol. The van der Waals surface area contributed by atoms with Gasteiger partial charge in [-0.2, -0.15) is 0 Å².